The molecule has 14 heavy (non-hydrogen) atoms. The highest BCUT2D eigenvalue weighted by Crippen LogP contribution is 2.07. The zero-order chi connectivity index (χ0) is 10.6. The third-order valence-electron chi connectivity index (χ3n) is 1.15. The highest BCUT2D eigenvalue weighted by Gasteiger charge is 2.10. The van der Waals surface area contributed by atoms with Crippen molar-refractivity contribution in [1.29, 1.82) is 5.26 Å². The van der Waals surface area contributed by atoms with E-state index in [1.165, 1.54) is 18.2 Å². The van der Waals surface area contributed by atoms with Gasteiger partial charge in [-0.15, -0.1) is 10.2 Å². The zero-order valence-electron chi connectivity index (χ0n) is 6.81. The molecule has 0 saturated carbocycles. The fraction of sp³-hybridized carbons (Fsp3) is 0.167. The Morgan fingerprint density at radius 1 is 1.50 bits per heavy atom. The summed E-state index contributed by atoms with van der Waals surface area (Å²) < 4.78 is 24.2. The van der Waals surface area contributed by atoms with Gasteiger partial charge >= 0.3 is 0 Å². The molecule has 0 bridgehead atoms. The van der Waals surface area contributed by atoms with E-state index in [9.17, 15) is 8.42 Å². The van der Waals surface area contributed by atoms with E-state index in [-0.39, 0.29) is 11.0 Å². The van der Waals surface area contributed by atoms with Gasteiger partial charge in [0, 0.05) is 0 Å². The predicted octanol–water partition coefficient (Wildman–Crippen LogP) is 0.395. The second kappa shape index (κ2) is 4.21. The largest absolute Gasteiger partial charge is 0.265 e. The van der Waals surface area contributed by atoms with Gasteiger partial charge in [-0.3, -0.25) is 4.72 Å². The van der Waals surface area contributed by atoms with Crippen LogP contribution in [-0.4, -0.2) is 24.4 Å². The number of nitrogens with one attached hydrogen (secondary N) is 1. The molecule has 0 unspecified atom stereocenters. The number of halogens is 1. The number of hydrogen-bond donors (Lipinski definition) is 1. The van der Waals surface area contributed by atoms with Gasteiger partial charge in [-0.2, -0.15) is 5.26 Å². The Kier molecular flexibility index (Phi) is 3.22. The minimum Gasteiger partial charge on any atom is -0.265 e. The SMILES string of the molecule is N#CCS(=O)(=O)Nc1ccc(Cl)nn1. The first-order chi connectivity index (χ1) is 6.53. The molecule has 74 valence electrons. The summed E-state index contributed by atoms with van der Waals surface area (Å²) in [6.07, 6.45) is 0. The Balaban J connectivity index is 2.80. The molecule has 1 N–H and O–H groups in total. The lowest BCUT2D eigenvalue weighted by Crippen LogP contribution is -2.16. The molecule has 6 nitrogen and oxygen atoms in total. The molecule has 0 aliphatic carbocycles. The van der Waals surface area contributed by atoms with Crippen molar-refractivity contribution in [2.45, 2.75) is 0 Å². The van der Waals surface area contributed by atoms with Gasteiger partial charge in [-0.1, -0.05) is 11.6 Å². The Bertz CT molecular complexity index is 450. The Morgan fingerprint density at radius 2 is 2.21 bits per heavy atom. The van der Waals surface area contributed by atoms with Crippen LogP contribution >= 0.6 is 11.6 Å². The summed E-state index contributed by atoms with van der Waals surface area (Å²) in [5.74, 6) is -0.596. The number of nitriles is 1. The molecule has 8 heteroatoms. The van der Waals surface area contributed by atoms with Gasteiger partial charge in [0.2, 0.25) is 10.0 Å². The van der Waals surface area contributed by atoms with Crippen molar-refractivity contribution in [1.82, 2.24) is 10.2 Å². The molecule has 1 heterocycles. The van der Waals surface area contributed by atoms with E-state index in [1.807, 2.05) is 0 Å². The van der Waals surface area contributed by atoms with Crippen LogP contribution in [-0.2, 0) is 10.0 Å². The maximum Gasteiger partial charge on any atom is 0.247 e. The van der Waals surface area contributed by atoms with Crippen molar-refractivity contribution in [2.75, 3.05) is 10.5 Å². The van der Waals surface area contributed by atoms with E-state index in [2.05, 4.69) is 14.9 Å². The average molecular weight is 233 g/mol. The van der Waals surface area contributed by atoms with Crippen molar-refractivity contribution >= 4 is 27.4 Å². The van der Waals surface area contributed by atoms with Crippen LogP contribution in [0.4, 0.5) is 5.82 Å². The standard InChI is InChI=1S/C6H5ClN4O2S/c7-5-1-2-6(10-9-5)11-14(12,13)4-3-8/h1-2H,4H2,(H,10,11). The quantitative estimate of drug-likeness (QED) is 0.814. The highest BCUT2D eigenvalue weighted by atomic mass is 35.5. The first-order valence-corrected chi connectivity index (χ1v) is 5.43. The Morgan fingerprint density at radius 3 is 2.71 bits per heavy atom. The third kappa shape index (κ3) is 3.16. The molecule has 0 aliphatic heterocycles. The molecule has 0 radical (unpaired) electrons. The van der Waals surface area contributed by atoms with E-state index < -0.39 is 15.8 Å². The van der Waals surface area contributed by atoms with E-state index >= 15 is 0 Å². The van der Waals surface area contributed by atoms with Gasteiger partial charge in [-0.25, -0.2) is 8.42 Å². The molecule has 0 aliphatic rings. The predicted molar refractivity (Wildman–Crippen MR) is 50.1 cm³/mol. The normalized spacial score (nSPS) is 10.6. The highest BCUT2D eigenvalue weighted by molar-refractivity contribution is 7.92. The molecule has 0 saturated heterocycles. The van der Waals surface area contributed by atoms with Gasteiger partial charge in [-0.05, 0) is 12.1 Å². The van der Waals surface area contributed by atoms with Crippen molar-refractivity contribution in [3.63, 3.8) is 0 Å². The minimum atomic E-state index is -3.65. The average Bonchev–Trinajstić information content (AvgIpc) is 2.08. The number of nitrogens with zero attached hydrogens (tertiary/aromatic N) is 3. The molecule has 0 aromatic carbocycles. The van der Waals surface area contributed by atoms with Gasteiger partial charge in [0.1, 0.15) is 0 Å². The number of rotatable bonds is 3. The summed E-state index contributed by atoms with van der Waals surface area (Å²) in [6, 6.07) is 4.25. The van der Waals surface area contributed by atoms with Crippen LogP contribution in [0.15, 0.2) is 12.1 Å². The second-order valence-electron chi connectivity index (χ2n) is 2.26. The maximum atomic E-state index is 11.1. The summed E-state index contributed by atoms with van der Waals surface area (Å²) >= 11 is 5.44. The smallest absolute Gasteiger partial charge is 0.247 e. The van der Waals surface area contributed by atoms with E-state index in [0.717, 1.165) is 0 Å². The van der Waals surface area contributed by atoms with E-state index in [0.29, 0.717) is 0 Å². The lowest BCUT2D eigenvalue weighted by Gasteiger charge is -2.01. The van der Waals surface area contributed by atoms with Crippen LogP contribution in [0.5, 0.6) is 0 Å². The van der Waals surface area contributed by atoms with Crippen LogP contribution in [0.25, 0.3) is 0 Å². The first kappa shape index (κ1) is 10.7. The third-order valence-corrected chi connectivity index (χ3v) is 2.38. The van der Waals surface area contributed by atoms with Gasteiger partial charge < -0.3 is 0 Å². The Labute approximate surface area is 85.6 Å². The monoisotopic (exact) mass is 232 g/mol. The van der Waals surface area contributed by atoms with Crippen molar-refractivity contribution < 1.29 is 8.42 Å². The van der Waals surface area contributed by atoms with E-state index in [1.54, 1.807) is 0 Å². The zero-order valence-corrected chi connectivity index (χ0v) is 8.38. The minimum absolute atomic E-state index is 0.0321. The van der Waals surface area contributed by atoms with Crippen molar-refractivity contribution in [3.8, 4) is 6.07 Å². The van der Waals surface area contributed by atoms with Crippen LogP contribution in [0, 0.1) is 11.3 Å². The lowest BCUT2D eigenvalue weighted by atomic mass is 10.5. The molecular formula is C6H5ClN4O2S. The van der Waals surface area contributed by atoms with Crippen LogP contribution in [0.3, 0.4) is 0 Å². The lowest BCUT2D eigenvalue weighted by molar-refractivity contribution is 0.604. The number of aromatic nitrogens is 2. The first-order valence-electron chi connectivity index (χ1n) is 3.40. The molecule has 1 aromatic heterocycles. The molecule has 0 fully saturated rings. The van der Waals surface area contributed by atoms with Crippen molar-refractivity contribution in [2.24, 2.45) is 0 Å². The molecular weight excluding hydrogens is 228 g/mol. The second-order valence-corrected chi connectivity index (χ2v) is 4.37. The topological polar surface area (TPSA) is 95.7 Å². The summed E-state index contributed by atoms with van der Waals surface area (Å²) in [7, 11) is -3.65. The number of hydrogen-bond acceptors (Lipinski definition) is 5. The van der Waals surface area contributed by atoms with Gasteiger partial charge in [0.15, 0.2) is 16.7 Å². The van der Waals surface area contributed by atoms with Gasteiger partial charge in [0.25, 0.3) is 0 Å². The summed E-state index contributed by atoms with van der Waals surface area (Å²) in [5.41, 5.74) is 0. The van der Waals surface area contributed by atoms with Crippen LogP contribution in [0.2, 0.25) is 5.15 Å². The Hall–Kier alpha value is -1.39. The molecule has 1 rings (SSSR count). The molecule has 0 spiro atoms. The summed E-state index contributed by atoms with van der Waals surface area (Å²) in [5, 5.41) is 15.3. The summed E-state index contributed by atoms with van der Waals surface area (Å²) in [4.78, 5) is 0. The summed E-state index contributed by atoms with van der Waals surface area (Å²) in [6.45, 7) is 0. The van der Waals surface area contributed by atoms with Crippen LogP contribution < -0.4 is 4.72 Å². The van der Waals surface area contributed by atoms with Crippen LogP contribution in [0.1, 0.15) is 0 Å². The maximum absolute atomic E-state index is 11.1. The fourth-order valence-corrected chi connectivity index (χ4v) is 1.42. The van der Waals surface area contributed by atoms with Crippen molar-refractivity contribution in [3.05, 3.63) is 17.3 Å². The molecule has 1 aromatic rings. The van der Waals surface area contributed by atoms with E-state index in [4.69, 9.17) is 16.9 Å². The number of sulfonamides is 1. The molecule has 0 atom stereocenters. The molecule has 0 amide bonds. The van der Waals surface area contributed by atoms with Gasteiger partial charge in [0.05, 0.1) is 6.07 Å². The fourth-order valence-electron chi connectivity index (χ4n) is 0.651. The number of anilines is 1.